The van der Waals surface area contributed by atoms with E-state index in [1.165, 1.54) is 17.0 Å². The molecule has 5 heteroatoms. The van der Waals surface area contributed by atoms with Crippen LogP contribution in [0.5, 0.6) is 0 Å². The van der Waals surface area contributed by atoms with Crippen molar-refractivity contribution in [1.29, 1.82) is 0 Å². The average molecular weight is 346 g/mol. The minimum Gasteiger partial charge on any atom is -0.294 e. The summed E-state index contributed by atoms with van der Waals surface area (Å²) >= 11 is 4.73. The molecule has 19 heavy (non-hydrogen) atoms. The quantitative estimate of drug-likeness (QED) is 0.706. The zero-order chi connectivity index (χ0) is 14.0. The Morgan fingerprint density at radius 3 is 2.68 bits per heavy atom. The van der Waals surface area contributed by atoms with Gasteiger partial charge in [0.05, 0.1) is 4.47 Å². The topological polar surface area (TPSA) is 3.24 Å². The van der Waals surface area contributed by atoms with Crippen LogP contribution in [0.25, 0.3) is 0 Å². The summed E-state index contributed by atoms with van der Waals surface area (Å²) in [6.45, 7) is 2.26. The molecule has 0 aliphatic carbocycles. The molecule has 1 aromatic carbocycles. The fourth-order valence-electron chi connectivity index (χ4n) is 1.85. The first-order valence-corrected chi connectivity index (χ1v) is 7.54. The van der Waals surface area contributed by atoms with Crippen molar-refractivity contribution in [2.24, 2.45) is 0 Å². The molecule has 1 heterocycles. The zero-order valence-electron chi connectivity index (χ0n) is 10.7. The number of nitrogens with zero attached hydrogens (tertiary/aromatic N) is 1. The number of thiophene rings is 1. The highest BCUT2D eigenvalue weighted by Crippen LogP contribution is 2.27. The smallest absolute Gasteiger partial charge is 0.144 e. The van der Waals surface area contributed by atoms with E-state index >= 15 is 0 Å². The van der Waals surface area contributed by atoms with Crippen molar-refractivity contribution >= 4 is 27.3 Å². The summed E-state index contributed by atoms with van der Waals surface area (Å²) < 4.78 is 27.9. The van der Waals surface area contributed by atoms with Gasteiger partial charge in [-0.15, -0.1) is 11.3 Å². The molecule has 0 aliphatic rings. The van der Waals surface area contributed by atoms with Gasteiger partial charge in [-0.3, -0.25) is 4.90 Å². The van der Waals surface area contributed by atoms with Crippen LogP contribution in [0.3, 0.4) is 0 Å². The number of rotatable bonds is 4. The monoisotopic (exact) mass is 345 g/mol. The van der Waals surface area contributed by atoms with Crippen molar-refractivity contribution in [3.8, 4) is 0 Å². The van der Waals surface area contributed by atoms with E-state index in [-0.39, 0.29) is 18.2 Å². The van der Waals surface area contributed by atoms with Gasteiger partial charge in [-0.25, -0.2) is 8.78 Å². The second-order valence-corrected chi connectivity index (χ2v) is 6.26. The lowest BCUT2D eigenvalue weighted by Crippen LogP contribution is -2.22. The highest BCUT2D eigenvalue weighted by molar-refractivity contribution is 9.10. The third-order valence-corrected chi connectivity index (χ3v) is 4.82. The predicted octanol–water partition coefficient (Wildman–Crippen LogP) is 4.98. The van der Waals surface area contributed by atoms with E-state index in [2.05, 4.69) is 15.9 Å². The van der Waals surface area contributed by atoms with Gasteiger partial charge in [-0.05, 0) is 53.5 Å². The third kappa shape index (κ3) is 3.22. The van der Waals surface area contributed by atoms with Gasteiger partial charge in [-0.1, -0.05) is 6.07 Å². The van der Waals surface area contributed by atoms with Gasteiger partial charge in [0.2, 0.25) is 0 Å². The van der Waals surface area contributed by atoms with Crippen molar-refractivity contribution in [1.82, 2.24) is 4.90 Å². The molecule has 0 spiro atoms. The molecule has 0 saturated carbocycles. The Hall–Kier alpha value is -0.780. The fraction of sp³-hybridized carbons (Fsp3) is 0.286. The third-order valence-electron chi connectivity index (χ3n) is 3.16. The van der Waals surface area contributed by atoms with Crippen LogP contribution < -0.4 is 0 Å². The van der Waals surface area contributed by atoms with Gasteiger partial charge in [-0.2, -0.15) is 0 Å². The maximum Gasteiger partial charge on any atom is 0.144 e. The summed E-state index contributed by atoms with van der Waals surface area (Å²) in [6, 6.07) is 6.80. The van der Waals surface area contributed by atoms with Crippen LogP contribution in [-0.2, 0) is 6.54 Å². The highest BCUT2D eigenvalue weighted by atomic mass is 79.9. The maximum atomic E-state index is 13.9. The summed E-state index contributed by atoms with van der Waals surface area (Å²) in [5, 5.41) is 2.00. The first-order valence-electron chi connectivity index (χ1n) is 5.86. The summed E-state index contributed by atoms with van der Waals surface area (Å²) in [5.41, 5.74) is 0.0975. The summed E-state index contributed by atoms with van der Waals surface area (Å²) in [5.74, 6) is -1.03. The minimum atomic E-state index is -0.523. The lowest BCUT2D eigenvalue weighted by molar-refractivity contribution is 0.248. The van der Waals surface area contributed by atoms with E-state index in [4.69, 9.17) is 0 Å². The number of hydrogen-bond donors (Lipinski definition) is 0. The molecule has 2 rings (SSSR count). The predicted molar refractivity (Wildman–Crippen MR) is 78.3 cm³/mol. The van der Waals surface area contributed by atoms with Crippen LogP contribution in [0.2, 0.25) is 0 Å². The van der Waals surface area contributed by atoms with Gasteiger partial charge in [0.1, 0.15) is 11.6 Å². The van der Waals surface area contributed by atoms with E-state index in [0.29, 0.717) is 4.47 Å². The Morgan fingerprint density at radius 2 is 2.05 bits per heavy atom. The van der Waals surface area contributed by atoms with E-state index in [1.54, 1.807) is 11.3 Å². The van der Waals surface area contributed by atoms with E-state index in [0.717, 1.165) is 0 Å². The van der Waals surface area contributed by atoms with Crippen LogP contribution in [-0.4, -0.2) is 11.9 Å². The lowest BCUT2D eigenvalue weighted by Gasteiger charge is -2.24. The summed E-state index contributed by atoms with van der Waals surface area (Å²) in [7, 11) is 1.87. The van der Waals surface area contributed by atoms with Crippen molar-refractivity contribution in [2.45, 2.75) is 19.5 Å². The Kier molecular flexibility index (Phi) is 4.71. The van der Waals surface area contributed by atoms with Crippen molar-refractivity contribution in [3.05, 3.63) is 56.2 Å². The molecule has 0 aliphatic heterocycles. The molecule has 102 valence electrons. The molecule has 0 N–H and O–H groups in total. The molecule has 1 nitrogen and oxygen atoms in total. The fourth-order valence-corrected chi connectivity index (χ4v) is 3.07. The van der Waals surface area contributed by atoms with Gasteiger partial charge in [0.15, 0.2) is 0 Å². The first kappa shape index (κ1) is 14.6. The molecular weight excluding hydrogens is 332 g/mol. The van der Waals surface area contributed by atoms with Gasteiger partial charge < -0.3 is 0 Å². The van der Waals surface area contributed by atoms with Crippen LogP contribution in [0.4, 0.5) is 8.78 Å². The van der Waals surface area contributed by atoms with Crippen LogP contribution >= 0.6 is 27.3 Å². The maximum absolute atomic E-state index is 13.9. The Balaban J connectivity index is 2.19. The molecule has 1 aromatic heterocycles. The Labute approximate surface area is 124 Å². The number of halogens is 3. The first-order chi connectivity index (χ1) is 9.00. The Morgan fingerprint density at radius 1 is 1.32 bits per heavy atom. The molecule has 1 atom stereocenters. The van der Waals surface area contributed by atoms with Crippen LogP contribution in [0, 0.1) is 11.6 Å². The largest absolute Gasteiger partial charge is 0.294 e. The molecule has 0 fully saturated rings. The van der Waals surface area contributed by atoms with Gasteiger partial charge >= 0.3 is 0 Å². The molecule has 1 unspecified atom stereocenters. The van der Waals surface area contributed by atoms with E-state index in [1.807, 2.05) is 36.4 Å². The number of benzene rings is 1. The molecular formula is C14H14BrF2NS. The Bertz CT molecular complexity index is 557. The molecule has 0 amide bonds. The summed E-state index contributed by atoms with van der Waals surface area (Å²) in [4.78, 5) is 3.11. The number of hydrogen-bond acceptors (Lipinski definition) is 2. The van der Waals surface area contributed by atoms with E-state index < -0.39 is 11.6 Å². The normalized spacial score (nSPS) is 12.9. The second-order valence-electron chi connectivity index (χ2n) is 4.43. The molecule has 0 saturated heterocycles. The SMILES string of the molecule is CC(c1cccs1)N(C)Cc1c(F)ccc(Br)c1F. The summed E-state index contributed by atoms with van der Waals surface area (Å²) in [6.07, 6.45) is 0. The second kappa shape index (κ2) is 6.11. The zero-order valence-corrected chi connectivity index (χ0v) is 13.1. The minimum absolute atomic E-state index is 0.0975. The molecule has 0 radical (unpaired) electrons. The lowest BCUT2D eigenvalue weighted by atomic mass is 10.1. The molecule has 0 bridgehead atoms. The van der Waals surface area contributed by atoms with Gasteiger partial charge in [0.25, 0.3) is 0 Å². The highest BCUT2D eigenvalue weighted by Gasteiger charge is 2.18. The van der Waals surface area contributed by atoms with Crippen LogP contribution in [0.15, 0.2) is 34.1 Å². The van der Waals surface area contributed by atoms with Crippen molar-refractivity contribution < 1.29 is 8.78 Å². The van der Waals surface area contributed by atoms with Crippen LogP contribution in [0.1, 0.15) is 23.4 Å². The average Bonchev–Trinajstić information content (AvgIpc) is 2.92. The van der Waals surface area contributed by atoms with Crippen molar-refractivity contribution in [3.63, 3.8) is 0 Å². The standard InChI is InChI=1S/C14H14BrF2NS/c1-9(13-4-3-7-19-13)18(2)8-10-12(16)6-5-11(15)14(10)17/h3-7,9H,8H2,1-2H3. The molecule has 2 aromatic rings. The van der Waals surface area contributed by atoms with Crippen molar-refractivity contribution in [2.75, 3.05) is 7.05 Å². The van der Waals surface area contributed by atoms with E-state index in [9.17, 15) is 8.78 Å². The van der Waals surface area contributed by atoms with Gasteiger partial charge in [0, 0.05) is 23.0 Å².